The molecule has 1 unspecified atom stereocenters. The molecule has 0 aliphatic heterocycles. The first kappa shape index (κ1) is 14.9. The highest BCUT2D eigenvalue weighted by Crippen LogP contribution is 2.25. The topological polar surface area (TPSA) is 98.7 Å². The zero-order valence-corrected chi connectivity index (χ0v) is 11.1. The van der Waals surface area contributed by atoms with Crippen LogP contribution in [0.2, 0.25) is 0 Å². The number of nitro groups is 1. The minimum atomic E-state index is -0.606. The normalized spacial score (nSPS) is 11.9. The van der Waals surface area contributed by atoms with Crippen LogP contribution < -0.4 is 5.73 Å². The molecule has 0 saturated carbocycles. The first-order valence-electron chi connectivity index (χ1n) is 5.69. The number of nitrogen functional groups attached to an aromatic ring is 1. The molecule has 0 aromatic heterocycles. The molecule has 0 saturated heterocycles. The van der Waals surface area contributed by atoms with Crippen LogP contribution in [0.5, 0.6) is 0 Å². The lowest BCUT2D eigenvalue weighted by atomic mass is 10.1. The van der Waals surface area contributed by atoms with E-state index in [0.29, 0.717) is 6.61 Å². The average Bonchev–Trinajstić information content (AvgIpc) is 2.37. The van der Waals surface area contributed by atoms with Gasteiger partial charge in [0.25, 0.3) is 11.6 Å². The average molecular weight is 267 g/mol. The zero-order chi connectivity index (χ0) is 14.6. The molecule has 0 fully saturated rings. The summed E-state index contributed by atoms with van der Waals surface area (Å²) in [6, 6.07) is 4.03. The van der Waals surface area contributed by atoms with E-state index in [9.17, 15) is 14.9 Å². The molecule has 1 rings (SSSR count). The number of nitrogens with two attached hydrogens (primary N) is 1. The van der Waals surface area contributed by atoms with Crippen molar-refractivity contribution < 1.29 is 14.5 Å². The molecule has 0 aliphatic carbocycles. The summed E-state index contributed by atoms with van der Waals surface area (Å²) in [5.41, 5.74) is 5.42. The van der Waals surface area contributed by atoms with Gasteiger partial charge in [-0.05, 0) is 13.0 Å². The van der Waals surface area contributed by atoms with Crippen LogP contribution >= 0.6 is 0 Å². The van der Waals surface area contributed by atoms with Crippen molar-refractivity contribution in [2.24, 2.45) is 0 Å². The van der Waals surface area contributed by atoms with E-state index in [1.54, 1.807) is 7.05 Å². The number of likely N-dealkylation sites (N-methyl/N-ethyl adjacent to an activating group) is 1. The summed E-state index contributed by atoms with van der Waals surface area (Å²) in [6.45, 7) is 2.19. The molecule has 0 bridgehead atoms. The van der Waals surface area contributed by atoms with E-state index in [1.807, 2.05) is 6.92 Å². The summed E-state index contributed by atoms with van der Waals surface area (Å²) in [6.07, 6.45) is 0. The number of methoxy groups -OCH3 is 1. The molecule has 0 aliphatic rings. The molecule has 7 nitrogen and oxygen atoms in total. The first-order valence-corrected chi connectivity index (χ1v) is 5.69. The molecule has 2 N–H and O–H groups in total. The SMILES string of the molecule is COCC(C)N(C)C(=O)c1cccc([N+](=O)[O-])c1N. The van der Waals surface area contributed by atoms with Crippen LogP contribution in [0.1, 0.15) is 17.3 Å². The third-order valence-corrected chi connectivity index (χ3v) is 2.90. The van der Waals surface area contributed by atoms with Gasteiger partial charge in [-0.15, -0.1) is 0 Å². The number of nitro benzene ring substituents is 1. The number of hydrogen-bond acceptors (Lipinski definition) is 5. The van der Waals surface area contributed by atoms with Gasteiger partial charge in [-0.2, -0.15) is 0 Å². The molecule has 1 amide bonds. The number of ether oxygens (including phenoxy) is 1. The van der Waals surface area contributed by atoms with Gasteiger partial charge in [-0.3, -0.25) is 14.9 Å². The number of nitrogens with zero attached hydrogens (tertiary/aromatic N) is 2. The standard InChI is InChI=1S/C12H17N3O4/c1-8(7-19-3)14(2)12(16)9-5-4-6-10(11(9)13)15(17)18/h4-6,8H,7,13H2,1-3H3. The van der Waals surface area contributed by atoms with Crippen molar-refractivity contribution >= 4 is 17.3 Å². The van der Waals surface area contributed by atoms with Crippen LogP contribution in [0.25, 0.3) is 0 Å². The minimum Gasteiger partial charge on any atom is -0.393 e. The Kier molecular flexibility index (Phi) is 4.82. The van der Waals surface area contributed by atoms with Gasteiger partial charge in [-0.25, -0.2) is 0 Å². The second-order valence-electron chi connectivity index (χ2n) is 4.22. The Balaban J connectivity index is 3.06. The summed E-state index contributed by atoms with van der Waals surface area (Å²) in [7, 11) is 3.14. The Morgan fingerprint density at radius 3 is 2.74 bits per heavy atom. The van der Waals surface area contributed by atoms with Crippen molar-refractivity contribution in [2.75, 3.05) is 26.5 Å². The summed E-state index contributed by atoms with van der Waals surface area (Å²) in [4.78, 5) is 23.8. The largest absolute Gasteiger partial charge is 0.393 e. The summed E-state index contributed by atoms with van der Waals surface area (Å²) < 4.78 is 4.97. The maximum atomic E-state index is 12.2. The number of anilines is 1. The van der Waals surface area contributed by atoms with Crippen molar-refractivity contribution in [2.45, 2.75) is 13.0 Å². The number of carbonyl (C=O) groups excluding carboxylic acids is 1. The minimum absolute atomic E-state index is 0.117. The van der Waals surface area contributed by atoms with Crippen molar-refractivity contribution in [3.8, 4) is 0 Å². The van der Waals surface area contributed by atoms with Gasteiger partial charge in [0.05, 0.1) is 23.1 Å². The molecular weight excluding hydrogens is 250 g/mol. The first-order chi connectivity index (χ1) is 8.90. The van der Waals surface area contributed by atoms with Crippen LogP contribution in [-0.2, 0) is 4.74 Å². The van der Waals surface area contributed by atoms with E-state index in [1.165, 1.54) is 30.2 Å². The van der Waals surface area contributed by atoms with E-state index in [-0.39, 0.29) is 28.9 Å². The van der Waals surface area contributed by atoms with E-state index >= 15 is 0 Å². The molecule has 104 valence electrons. The van der Waals surface area contributed by atoms with Gasteiger partial charge in [0.1, 0.15) is 5.69 Å². The second-order valence-corrected chi connectivity index (χ2v) is 4.22. The van der Waals surface area contributed by atoms with Gasteiger partial charge in [-0.1, -0.05) is 6.07 Å². The predicted molar refractivity (Wildman–Crippen MR) is 70.9 cm³/mol. The van der Waals surface area contributed by atoms with Crippen LogP contribution in [0.3, 0.4) is 0 Å². The van der Waals surface area contributed by atoms with Crippen LogP contribution in [0.15, 0.2) is 18.2 Å². The van der Waals surface area contributed by atoms with E-state index in [2.05, 4.69) is 0 Å². The molecule has 19 heavy (non-hydrogen) atoms. The number of carbonyl (C=O) groups is 1. The quantitative estimate of drug-likeness (QED) is 0.492. The van der Waals surface area contributed by atoms with Gasteiger partial charge < -0.3 is 15.4 Å². The van der Waals surface area contributed by atoms with Crippen LogP contribution in [0, 0.1) is 10.1 Å². The molecule has 0 spiro atoms. The molecule has 0 heterocycles. The Morgan fingerprint density at radius 2 is 2.21 bits per heavy atom. The molecule has 1 aromatic carbocycles. The Bertz CT molecular complexity index is 490. The summed E-state index contributed by atoms with van der Waals surface area (Å²) in [5, 5.41) is 10.8. The van der Waals surface area contributed by atoms with Crippen molar-refractivity contribution in [3.05, 3.63) is 33.9 Å². The lowest BCUT2D eigenvalue weighted by molar-refractivity contribution is -0.383. The van der Waals surface area contributed by atoms with Gasteiger partial charge in [0, 0.05) is 20.2 Å². The fourth-order valence-electron chi connectivity index (χ4n) is 1.64. The van der Waals surface area contributed by atoms with E-state index in [4.69, 9.17) is 10.5 Å². The Labute approximate surface area is 111 Å². The molecule has 1 aromatic rings. The Morgan fingerprint density at radius 1 is 1.58 bits per heavy atom. The summed E-state index contributed by atoms with van der Waals surface area (Å²) >= 11 is 0. The smallest absolute Gasteiger partial charge is 0.292 e. The molecular formula is C12H17N3O4. The second kappa shape index (κ2) is 6.14. The zero-order valence-electron chi connectivity index (χ0n) is 11.1. The maximum Gasteiger partial charge on any atom is 0.292 e. The highest BCUT2D eigenvalue weighted by molar-refractivity contribution is 6.01. The third kappa shape index (κ3) is 3.19. The number of amides is 1. The fourth-order valence-corrected chi connectivity index (χ4v) is 1.64. The molecule has 0 radical (unpaired) electrons. The number of hydrogen-bond donors (Lipinski definition) is 1. The van der Waals surface area contributed by atoms with Crippen molar-refractivity contribution in [3.63, 3.8) is 0 Å². The van der Waals surface area contributed by atoms with E-state index in [0.717, 1.165) is 0 Å². The third-order valence-electron chi connectivity index (χ3n) is 2.90. The van der Waals surface area contributed by atoms with Crippen molar-refractivity contribution in [1.82, 2.24) is 4.90 Å². The highest BCUT2D eigenvalue weighted by Gasteiger charge is 2.23. The number of para-hydroxylation sites is 1. The lowest BCUT2D eigenvalue weighted by Gasteiger charge is -2.24. The van der Waals surface area contributed by atoms with Crippen LogP contribution in [0.4, 0.5) is 11.4 Å². The van der Waals surface area contributed by atoms with Crippen molar-refractivity contribution in [1.29, 1.82) is 0 Å². The maximum absolute atomic E-state index is 12.2. The molecule has 7 heteroatoms. The monoisotopic (exact) mass is 267 g/mol. The lowest BCUT2D eigenvalue weighted by Crippen LogP contribution is -2.38. The predicted octanol–water partition coefficient (Wildman–Crippen LogP) is 1.28. The Hall–Kier alpha value is -2.15. The summed E-state index contributed by atoms with van der Waals surface area (Å²) in [5.74, 6) is -0.370. The van der Waals surface area contributed by atoms with Crippen LogP contribution in [-0.4, -0.2) is 42.5 Å². The highest BCUT2D eigenvalue weighted by atomic mass is 16.6. The fraction of sp³-hybridized carbons (Fsp3) is 0.417. The number of rotatable bonds is 5. The molecule has 1 atom stereocenters. The van der Waals surface area contributed by atoms with Gasteiger partial charge >= 0.3 is 0 Å². The van der Waals surface area contributed by atoms with E-state index < -0.39 is 4.92 Å². The van der Waals surface area contributed by atoms with Gasteiger partial charge in [0.2, 0.25) is 0 Å². The number of benzene rings is 1. The van der Waals surface area contributed by atoms with Gasteiger partial charge in [0.15, 0.2) is 0 Å².